The molecule has 0 aliphatic rings. The Morgan fingerprint density at radius 2 is 1.52 bits per heavy atom. The molecule has 0 aliphatic heterocycles. The van der Waals surface area contributed by atoms with Gasteiger partial charge < -0.3 is 5.32 Å². The molecule has 0 heterocycles. The zero-order valence-electron chi connectivity index (χ0n) is 14.5. The molecule has 27 heavy (non-hydrogen) atoms. The molecule has 1 amide bonds. The number of hydrogen-bond donors (Lipinski definition) is 1. The van der Waals surface area contributed by atoms with Crippen LogP contribution in [0.25, 0.3) is 0 Å². The summed E-state index contributed by atoms with van der Waals surface area (Å²) in [7, 11) is 0. The highest BCUT2D eigenvalue weighted by molar-refractivity contribution is 7.99. The average Bonchev–Trinajstić information content (AvgIpc) is 2.70. The standard InChI is InChI=1S/C22H18ClNO2S/c23-18-12-10-16(11-13-18)14-27-15-21(25)24-20-9-5-4-8-19(20)22(26)17-6-2-1-3-7-17/h1-13H,14-15H2,(H,24,25). The second-order valence-electron chi connectivity index (χ2n) is 5.91. The van der Waals surface area contributed by atoms with Gasteiger partial charge in [0.05, 0.1) is 11.4 Å². The predicted molar refractivity (Wildman–Crippen MR) is 113 cm³/mol. The minimum atomic E-state index is -0.137. The van der Waals surface area contributed by atoms with E-state index in [1.54, 1.807) is 36.4 Å². The van der Waals surface area contributed by atoms with Gasteiger partial charge in [-0.3, -0.25) is 9.59 Å². The number of benzene rings is 3. The van der Waals surface area contributed by atoms with Crippen molar-refractivity contribution in [3.8, 4) is 0 Å². The second-order valence-corrected chi connectivity index (χ2v) is 7.33. The van der Waals surface area contributed by atoms with Crippen molar-refractivity contribution < 1.29 is 9.59 Å². The summed E-state index contributed by atoms with van der Waals surface area (Å²) < 4.78 is 0. The number of amides is 1. The first-order valence-electron chi connectivity index (χ1n) is 8.44. The first-order chi connectivity index (χ1) is 13.1. The van der Waals surface area contributed by atoms with Crippen LogP contribution in [-0.2, 0) is 10.5 Å². The van der Waals surface area contributed by atoms with Crippen LogP contribution in [0.15, 0.2) is 78.9 Å². The van der Waals surface area contributed by atoms with Gasteiger partial charge in [0, 0.05) is 21.9 Å². The van der Waals surface area contributed by atoms with E-state index in [1.165, 1.54) is 11.8 Å². The summed E-state index contributed by atoms with van der Waals surface area (Å²) in [4.78, 5) is 25.0. The quantitative estimate of drug-likeness (QED) is 0.541. The summed E-state index contributed by atoms with van der Waals surface area (Å²) in [6, 6.07) is 23.7. The van der Waals surface area contributed by atoms with Gasteiger partial charge in [-0.05, 0) is 29.8 Å². The first-order valence-corrected chi connectivity index (χ1v) is 9.97. The molecule has 3 rings (SSSR count). The molecule has 0 aromatic heterocycles. The Labute approximate surface area is 167 Å². The van der Waals surface area contributed by atoms with Crippen LogP contribution in [0.3, 0.4) is 0 Å². The largest absolute Gasteiger partial charge is 0.325 e. The molecule has 0 atom stereocenters. The predicted octanol–water partition coefficient (Wildman–Crippen LogP) is 5.44. The maximum atomic E-state index is 12.7. The summed E-state index contributed by atoms with van der Waals surface area (Å²) in [5.74, 6) is 0.772. The van der Waals surface area contributed by atoms with Crippen molar-refractivity contribution >= 4 is 40.7 Å². The zero-order chi connectivity index (χ0) is 19.1. The molecule has 0 aliphatic carbocycles. The average molecular weight is 396 g/mol. The minimum Gasteiger partial charge on any atom is -0.325 e. The van der Waals surface area contributed by atoms with Gasteiger partial charge in [0.2, 0.25) is 5.91 Å². The number of rotatable bonds is 7. The number of hydrogen-bond acceptors (Lipinski definition) is 3. The molecule has 3 nitrogen and oxygen atoms in total. The zero-order valence-corrected chi connectivity index (χ0v) is 16.1. The summed E-state index contributed by atoms with van der Waals surface area (Å²) >= 11 is 7.38. The van der Waals surface area contributed by atoms with Crippen LogP contribution in [0, 0.1) is 0 Å². The fraction of sp³-hybridized carbons (Fsp3) is 0.0909. The van der Waals surface area contributed by atoms with Crippen molar-refractivity contribution in [2.24, 2.45) is 0 Å². The molecule has 1 N–H and O–H groups in total. The lowest BCUT2D eigenvalue weighted by atomic mass is 10.0. The van der Waals surface area contributed by atoms with Crippen LogP contribution in [0.4, 0.5) is 5.69 Å². The van der Waals surface area contributed by atoms with E-state index >= 15 is 0 Å². The molecule has 136 valence electrons. The van der Waals surface area contributed by atoms with Gasteiger partial charge in [0.15, 0.2) is 5.78 Å². The van der Waals surface area contributed by atoms with Crippen LogP contribution in [0.2, 0.25) is 5.02 Å². The molecule has 0 bridgehead atoms. The summed E-state index contributed by atoms with van der Waals surface area (Å²) in [5.41, 5.74) is 2.72. The van der Waals surface area contributed by atoms with E-state index in [-0.39, 0.29) is 11.7 Å². The van der Waals surface area contributed by atoms with Crippen molar-refractivity contribution in [3.05, 3.63) is 101 Å². The monoisotopic (exact) mass is 395 g/mol. The Morgan fingerprint density at radius 3 is 2.26 bits per heavy atom. The Hall–Kier alpha value is -2.56. The smallest absolute Gasteiger partial charge is 0.234 e. The number of para-hydroxylation sites is 1. The Morgan fingerprint density at radius 1 is 0.852 bits per heavy atom. The van der Waals surface area contributed by atoms with E-state index in [0.717, 1.165) is 11.3 Å². The van der Waals surface area contributed by atoms with E-state index in [4.69, 9.17) is 11.6 Å². The fourth-order valence-corrected chi connectivity index (χ4v) is 3.48. The van der Waals surface area contributed by atoms with Crippen LogP contribution < -0.4 is 5.32 Å². The van der Waals surface area contributed by atoms with Crippen molar-refractivity contribution in [2.45, 2.75) is 5.75 Å². The first kappa shape index (κ1) is 19.2. The third kappa shape index (κ3) is 5.46. The molecule has 0 spiro atoms. The molecule has 0 saturated carbocycles. The molecule has 3 aromatic carbocycles. The van der Waals surface area contributed by atoms with Gasteiger partial charge >= 0.3 is 0 Å². The highest BCUT2D eigenvalue weighted by Gasteiger charge is 2.14. The number of anilines is 1. The number of ketones is 1. The summed E-state index contributed by atoms with van der Waals surface area (Å²) in [6.07, 6.45) is 0. The van der Waals surface area contributed by atoms with Crippen molar-refractivity contribution in [1.82, 2.24) is 0 Å². The lowest BCUT2D eigenvalue weighted by Crippen LogP contribution is -2.17. The Kier molecular flexibility index (Phi) is 6.69. The highest BCUT2D eigenvalue weighted by Crippen LogP contribution is 2.20. The van der Waals surface area contributed by atoms with Gasteiger partial charge in [0.1, 0.15) is 0 Å². The lowest BCUT2D eigenvalue weighted by molar-refractivity contribution is -0.113. The van der Waals surface area contributed by atoms with Crippen molar-refractivity contribution in [3.63, 3.8) is 0 Å². The van der Waals surface area contributed by atoms with E-state index in [2.05, 4.69) is 5.32 Å². The van der Waals surface area contributed by atoms with Gasteiger partial charge in [-0.2, -0.15) is 0 Å². The van der Waals surface area contributed by atoms with Crippen LogP contribution >= 0.6 is 23.4 Å². The molecular weight excluding hydrogens is 378 g/mol. The van der Waals surface area contributed by atoms with E-state index < -0.39 is 0 Å². The maximum Gasteiger partial charge on any atom is 0.234 e. The van der Waals surface area contributed by atoms with Crippen LogP contribution in [0.5, 0.6) is 0 Å². The minimum absolute atomic E-state index is 0.111. The molecule has 0 unspecified atom stereocenters. The normalized spacial score (nSPS) is 10.4. The van der Waals surface area contributed by atoms with Gasteiger partial charge in [0.25, 0.3) is 0 Å². The molecule has 0 fully saturated rings. The third-order valence-corrected chi connectivity index (χ3v) is 5.15. The number of carbonyl (C=O) groups excluding carboxylic acids is 2. The van der Waals surface area contributed by atoms with E-state index in [9.17, 15) is 9.59 Å². The van der Waals surface area contributed by atoms with E-state index in [1.807, 2.05) is 42.5 Å². The number of carbonyl (C=O) groups is 2. The van der Waals surface area contributed by atoms with Gasteiger partial charge in [-0.15, -0.1) is 11.8 Å². The SMILES string of the molecule is O=C(CSCc1ccc(Cl)cc1)Nc1ccccc1C(=O)c1ccccc1. The number of halogens is 1. The topological polar surface area (TPSA) is 46.2 Å². The Balaban J connectivity index is 1.61. The van der Waals surface area contributed by atoms with Crippen molar-refractivity contribution in [2.75, 3.05) is 11.1 Å². The molecule has 0 saturated heterocycles. The fourth-order valence-electron chi connectivity index (χ4n) is 2.56. The molecule has 5 heteroatoms. The number of thioether (sulfide) groups is 1. The Bertz CT molecular complexity index is 927. The molecule has 0 radical (unpaired) electrons. The van der Waals surface area contributed by atoms with E-state index in [0.29, 0.717) is 27.6 Å². The molecular formula is C22H18ClNO2S. The van der Waals surface area contributed by atoms with Gasteiger partial charge in [-0.25, -0.2) is 0 Å². The maximum absolute atomic E-state index is 12.7. The molecule has 3 aromatic rings. The van der Waals surface area contributed by atoms with Crippen LogP contribution in [-0.4, -0.2) is 17.4 Å². The second kappa shape index (κ2) is 9.40. The highest BCUT2D eigenvalue weighted by atomic mass is 35.5. The third-order valence-electron chi connectivity index (χ3n) is 3.90. The summed E-state index contributed by atoms with van der Waals surface area (Å²) in [6.45, 7) is 0. The van der Waals surface area contributed by atoms with Crippen molar-refractivity contribution in [1.29, 1.82) is 0 Å². The lowest BCUT2D eigenvalue weighted by Gasteiger charge is -2.10. The summed E-state index contributed by atoms with van der Waals surface area (Å²) in [5, 5.41) is 3.55. The van der Waals surface area contributed by atoms with Crippen LogP contribution in [0.1, 0.15) is 21.5 Å². The van der Waals surface area contributed by atoms with Gasteiger partial charge in [-0.1, -0.05) is 66.2 Å². The number of nitrogens with one attached hydrogen (secondary N) is 1.